The Morgan fingerprint density at radius 1 is 1.03 bits per heavy atom. The quantitative estimate of drug-likeness (QED) is 0.356. The van der Waals surface area contributed by atoms with Gasteiger partial charge in [0.1, 0.15) is 11.5 Å². The summed E-state index contributed by atoms with van der Waals surface area (Å²) in [4.78, 5) is 55.5. The van der Waals surface area contributed by atoms with E-state index in [2.05, 4.69) is 6.58 Å². The maximum atomic E-state index is 13.9. The lowest BCUT2D eigenvalue weighted by Gasteiger charge is -2.42. The molecule has 0 saturated carbocycles. The lowest BCUT2D eigenvalue weighted by molar-refractivity contribution is -0.123. The molecule has 7 heteroatoms. The van der Waals surface area contributed by atoms with Gasteiger partial charge in [0.25, 0.3) is 0 Å². The van der Waals surface area contributed by atoms with Crippen molar-refractivity contribution < 1.29 is 29.0 Å². The van der Waals surface area contributed by atoms with Crippen molar-refractivity contribution >= 4 is 35.1 Å². The summed E-state index contributed by atoms with van der Waals surface area (Å²) in [7, 11) is 1.51. The van der Waals surface area contributed by atoms with E-state index >= 15 is 0 Å². The third kappa shape index (κ3) is 3.64. The SMILES string of the molecule is C=Cc1ccc(N2C(=O)[C@H]3[C@H](CC=C4[C@H](c5cc(OC)ccc5O)C5=C(C[C@H]43)C(=O)C=C(C)C5=O)C2=O)cc1. The second-order valence-electron chi connectivity index (χ2n) is 10.5. The van der Waals surface area contributed by atoms with Crippen molar-refractivity contribution in [2.24, 2.45) is 17.8 Å². The van der Waals surface area contributed by atoms with E-state index in [9.17, 15) is 24.3 Å². The molecule has 0 aromatic heterocycles. The Kier molecular flexibility index (Phi) is 5.75. The second kappa shape index (κ2) is 9.05. The zero-order valence-electron chi connectivity index (χ0n) is 21.6. The highest BCUT2D eigenvalue weighted by atomic mass is 16.5. The fraction of sp³-hybridized carbons (Fsp3) is 0.250. The number of nitrogens with zero attached hydrogens (tertiary/aromatic N) is 1. The van der Waals surface area contributed by atoms with Crippen molar-refractivity contribution in [2.45, 2.75) is 25.7 Å². The molecule has 0 radical (unpaired) electrons. The van der Waals surface area contributed by atoms with E-state index in [0.29, 0.717) is 40.1 Å². The molecule has 196 valence electrons. The van der Waals surface area contributed by atoms with Crippen LogP contribution >= 0.6 is 0 Å². The van der Waals surface area contributed by atoms with Crippen LogP contribution in [0.3, 0.4) is 0 Å². The van der Waals surface area contributed by atoms with Gasteiger partial charge in [-0.05, 0) is 67.7 Å². The van der Waals surface area contributed by atoms with Crippen molar-refractivity contribution in [3.05, 3.63) is 94.6 Å². The van der Waals surface area contributed by atoms with Crippen LogP contribution in [-0.2, 0) is 19.2 Å². The van der Waals surface area contributed by atoms with Crippen LogP contribution in [0.4, 0.5) is 5.69 Å². The number of anilines is 1. The Morgan fingerprint density at radius 2 is 1.77 bits per heavy atom. The Hall–Kier alpha value is -4.52. The first-order valence-electron chi connectivity index (χ1n) is 12.9. The molecule has 7 nitrogen and oxygen atoms in total. The van der Waals surface area contributed by atoms with Crippen LogP contribution in [0.1, 0.15) is 36.8 Å². The number of ketones is 2. The average Bonchev–Trinajstić information content (AvgIpc) is 3.20. The zero-order valence-corrected chi connectivity index (χ0v) is 21.6. The molecule has 2 amide bonds. The molecule has 2 aromatic carbocycles. The van der Waals surface area contributed by atoms with Crippen molar-refractivity contribution in [1.29, 1.82) is 0 Å². The predicted molar refractivity (Wildman–Crippen MR) is 145 cm³/mol. The van der Waals surface area contributed by atoms with E-state index < -0.39 is 23.7 Å². The maximum absolute atomic E-state index is 13.9. The number of phenolic OH excluding ortho intramolecular Hbond substituents is 1. The van der Waals surface area contributed by atoms with Crippen LogP contribution in [-0.4, -0.2) is 35.6 Å². The summed E-state index contributed by atoms with van der Waals surface area (Å²) in [6, 6.07) is 11.8. The van der Waals surface area contributed by atoms with Crippen LogP contribution in [0, 0.1) is 17.8 Å². The highest BCUT2D eigenvalue weighted by Crippen LogP contribution is 2.56. The third-order valence-corrected chi connectivity index (χ3v) is 8.50. The number of allylic oxidation sites excluding steroid dienone is 6. The molecule has 4 atom stereocenters. The minimum atomic E-state index is -0.737. The van der Waals surface area contributed by atoms with Crippen molar-refractivity contribution in [1.82, 2.24) is 0 Å². The molecule has 1 N–H and O–H groups in total. The van der Waals surface area contributed by atoms with Gasteiger partial charge in [0.15, 0.2) is 11.6 Å². The minimum absolute atomic E-state index is 0.0402. The van der Waals surface area contributed by atoms with E-state index in [0.717, 1.165) is 11.1 Å². The Morgan fingerprint density at radius 3 is 2.46 bits per heavy atom. The van der Waals surface area contributed by atoms with E-state index in [-0.39, 0.29) is 35.6 Å². The fourth-order valence-electron chi connectivity index (χ4n) is 6.62. The first-order chi connectivity index (χ1) is 18.7. The lowest BCUT2D eigenvalue weighted by Crippen LogP contribution is -2.39. The topological polar surface area (TPSA) is 101 Å². The van der Waals surface area contributed by atoms with E-state index in [1.807, 2.05) is 6.08 Å². The standard InChI is InChI=1S/C32H27NO6/c1-4-17-5-7-18(8-6-17)33-31(37)21-11-10-20-22(28(21)32(33)38)15-24-26(35)13-16(2)30(36)29(24)27(20)23-14-19(39-3)9-12-25(23)34/h4-10,12-14,21-22,27-28,34H,1,11,15H2,2-3H3/t21-,22+,27+,28-/m0/s1. The summed E-state index contributed by atoms with van der Waals surface area (Å²) < 4.78 is 5.40. The lowest BCUT2D eigenvalue weighted by atomic mass is 9.59. The maximum Gasteiger partial charge on any atom is 0.238 e. The monoisotopic (exact) mass is 521 g/mol. The van der Waals surface area contributed by atoms with E-state index in [1.165, 1.54) is 24.2 Å². The van der Waals surface area contributed by atoms with Crippen molar-refractivity contribution in [3.63, 3.8) is 0 Å². The van der Waals surface area contributed by atoms with E-state index in [4.69, 9.17) is 4.74 Å². The van der Waals surface area contributed by atoms with Gasteiger partial charge in [-0.15, -0.1) is 0 Å². The first-order valence-corrected chi connectivity index (χ1v) is 12.9. The summed E-state index contributed by atoms with van der Waals surface area (Å²) in [5.74, 6) is -3.13. The molecule has 0 unspecified atom stereocenters. The number of phenols is 1. The number of hydrogen-bond acceptors (Lipinski definition) is 6. The number of hydrogen-bond donors (Lipinski definition) is 1. The van der Waals surface area contributed by atoms with Gasteiger partial charge in [-0.3, -0.25) is 24.1 Å². The smallest absolute Gasteiger partial charge is 0.238 e. The summed E-state index contributed by atoms with van der Waals surface area (Å²) >= 11 is 0. The summed E-state index contributed by atoms with van der Waals surface area (Å²) in [5, 5.41) is 10.9. The molecule has 1 fully saturated rings. The molecule has 0 spiro atoms. The largest absolute Gasteiger partial charge is 0.508 e. The molecule has 6 rings (SSSR count). The van der Waals surface area contributed by atoms with Gasteiger partial charge in [-0.25, -0.2) is 0 Å². The van der Waals surface area contributed by atoms with Crippen LogP contribution in [0.2, 0.25) is 0 Å². The minimum Gasteiger partial charge on any atom is -0.508 e. The first kappa shape index (κ1) is 24.8. The van der Waals surface area contributed by atoms with Crippen LogP contribution < -0.4 is 9.64 Å². The molecule has 0 bridgehead atoms. The number of aromatic hydroxyl groups is 1. The number of ether oxygens (including phenoxy) is 1. The van der Waals surface area contributed by atoms with Gasteiger partial charge in [-0.1, -0.05) is 36.4 Å². The molecule has 1 heterocycles. The molecule has 3 aliphatic carbocycles. The van der Waals surface area contributed by atoms with Gasteiger partial charge in [0, 0.05) is 28.2 Å². The van der Waals surface area contributed by atoms with Gasteiger partial charge in [0.05, 0.1) is 24.6 Å². The number of rotatable bonds is 4. The Balaban J connectivity index is 1.49. The number of methoxy groups -OCH3 is 1. The molecule has 2 aromatic rings. The fourth-order valence-corrected chi connectivity index (χ4v) is 6.62. The van der Waals surface area contributed by atoms with E-state index in [1.54, 1.807) is 49.4 Å². The molecule has 39 heavy (non-hydrogen) atoms. The number of imide groups is 1. The molecule has 4 aliphatic rings. The number of amides is 2. The average molecular weight is 522 g/mol. The van der Waals surface area contributed by atoms with Crippen LogP contribution in [0.25, 0.3) is 6.08 Å². The van der Waals surface area contributed by atoms with Gasteiger partial charge < -0.3 is 9.84 Å². The third-order valence-electron chi connectivity index (χ3n) is 8.50. The summed E-state index contributed by atoms with van der Waals surface area (Å²) in [6.07, 6.45) is 5.46. The molecular formula is C32H27NO6. The van der Waals surface area contributed by atoms with Gasteiger partial charge in [0.2, 0.25) is 11.8 Å². The van der Waals surface area contributed by atoms with Crippen LogP contribution in [0.5, 0.6) is 11.5 Å². The highest BCUT2D eigenvalue weighted by Gasteiger charge is 2.56. The number of carbonyl (C=O) groups excluding carboxylic acids is 4. The number of fused-ring (bicyclic) bond motifs is 3. The normalized spacial score (nSPS) is 26.1. The summed E-state index contributed by atoms with van der Waals surface area (Å²) in [6.45, 7) is 5.36. The number of carbonyl (C=O) groups is 4. The molecule has 1 saturated heterocycles. The highest BCUT2D eigenvalue weighted by molar-refractivity contribution is 6.25. The van der Waals surface area contributed by atoms with Crippen molar-refractivity contribution in [2.75, 3.05) is 12.0 Å². The Labute approximate surface area is 225 Å². The number of Topliss-reactive ketones (excluding diaryl/α,β-unsaturated/α-hetero) is 1. The molecular weight excluding hydrogens is 494 g/mol. The van der Waals surface area contributed by atoms with Crippen molar-refractivity contribution in [3.8, 4) is 11.5 Å². The predicted octanol–water partition coefficient (Wildman–Crippen LogP) is 4.68. The molecule has 1 aliphatic heterocycles. The van der Waals surface area contributed by atoms with Gasteiger partial charge in [-0.2, -0.15) is 0 Å². The number of benzene rings is 2. The zero-order chi connectivity index (χ0) is 27.6. The van der Waals surface area contributed by atoms with Crippen LogP contribution in [0.15, 0.2) is 83.5 Å². The summed E-state index contributed by atoms with van der Waals surface area (Å²) in [5.41, 5.74) is 3.58. The Bertz CT molecular complexity index is 1570. The van der Waals surface area contributed by atoms with Gasteiger partial charge >= 0.3 is 0 Å². The second-order valence-corrected chi connectivity index (χ2v) is 10.5.